The van der Waals surface area contributed by atoms with Gasteiger partial charge in [-0.15, -0.1) is 0 Å². The summed E-state index contributed by atoms with van der Waals surface area (Å²) < 4.78 is 0. The molecule has 4 heteroatoms. The molecule has 1 fully saturated rings. The fourth-order valence-corrected chi connectivity index (χ4v) is 2.39. The zero-order chi connectivity index (χ0) is 13.2. The summed E-state index contributed by atoms with van der Waals surface area (Å²) >= 11 is 0. The fraction of sp³-hybridized carbons (Fsp3) is 0.643. The maximum atomic E-state index is 9.82. The van der Waals surface area contributed by atoms with Crippen LogP contribution in [0.1, 0.15) is 19.5 Å². The van der Waals surface area contributed by atoms with Crippen LogP contribution in [0.5, 0.6) is 0 Å². The SMILES string of the molecule is Cc1cccc(N2CCN(CC(C)(C)O)CC2)n1. The molecule has 1 saturated heterocycles. The highest BCUT2D eigenvalue weighted by Gasteiger charge is 2.23. The van der Waals surface area contributed by atoms with Crippen LogP contribution in [0.3, 0.4) is 0 Å². The predicted molar refractivity (Wildman–Crippen MR) is 73.9 cm³/mol. The number of rotatable bonds is 3. The molecular weight excluding hydrogens is 226 g/mol. The van der Waals surface area contributed by atoms with Crippen molar-refractivity contribution in [3.05, 3.63) is 23.9 Å². The van der Waals surface area contributed by atoms with Crippen molar-refractivity contribution in [3.8, 4) is 0 Å². The molecule has 0 spiro atoms. The number of aromatic nitrogens is 1. The Kier molecular flexibility index (Phi) is 3.88. The van der Waals surface area contributed by atoms with E-state index in [0.717, 1.165) is 44.2 Å². The Balaban J connectivity index is 1.91. The average molecular weight is 249 g/mol. The third-order valence-electron chi connectivity index (χ3n) is 3.18. The van der Waals surface area contributed by atoms with Crippen molar-refractivity contribution in [3.63, 3.8) is 0 Å². The van der Waals surface area contributed by atoms with Crippen LogP contribution in [0.4, 0.5) is 5.82 Å². The Labute approximate surface area is 109 Å². The third-order valence-corrected chi connectivity index (χ3v) is 3.18. The maximum Gasteiger partial charge on any atom is 0.128 e. The van der Waals surface area contributed by atoms with Gasteiger partial charge in [0.15, 0.2) is 0 Å². The summed E-state index contributed by atoms with van der Waals surface area (Å²) in [6.45, 7) is 10.4. The van der Waals surface area contributed by atoms with Gasteiger partial charge >= 0.3 is 0 Å². The van der Waals surface area contributed by atoms with Gasteiger partial charge in [-0.1, -0.05) is 6.07 Å². The highest BCUT2D eigenvalue weighted by atomic mass is 16.3. The first-order valence-electron chi connectivity index (χ1n) is 6.57. The van der Waals surface area contributed by atoms with Gasteiger partial charge in [-0.05, 0) is 32.9 Å². The number of nitrogens with zero attached hydrogens (tertiary/aromatic N) is 3. The van der Waals surface area contributed by atoms with Crippen molar-refractivity contribution in [2.24, 2.45) is 0 Å². The fourth-order valence-electron chi connectivity index (χ4n) is 2.39. The first kappa shape index (κ1) is 13.3. The average Bonchev–Trinajstić information content (AvgIpc) is 2.28. The van der Waals surface area contributed by atoms with E-state index in [1.807, 2.05) is 26.8 Å². The molecule has 0 saturated carbocycles. The molecule has 1 N–H and O–H groups in total. The van der Waals surface area contributed by atoms with E-state index in [0.29, 0.717) is 0 Å². The molecular formula is C14H23N3O. The monoisotopic (exact) mass is 249 g/mol. The Hall–Kier alpha value is -1.13. The summed E-state index contributed by atoms with van der Waals surface area (Å²) in [6.07, 6.45) is 0. The molecule has 0 amide bonds. The van der Waals surface area contributed by atoms with E-state index in [1.54, 1.807) is 0 Å². The summed E-state index contributed by atoms with van der Waals surface area (Å²) in [4.78, 5) is 9.18. The van der Waals surface area contributed by atoms with Crippen molar-refractivity contribution < 1.29 is 5.11 Å². The number of hydrogen-bond acceptors (Lipinski definition) is 4. The minimum atomic E-state index is -0.607. The van der Waals surface area contributed by atoms with Gasteiger partial charge < -0.3 is 10.0 Å². The molecule has 1 aliphatic rings. The largest absolute Gasteiger partial charge is 0.389 e. The van der Waals surface area contributed by atoms with E-state index < -0.39 is 5.60 Å². The molecule has 2 heterocycles. The molecule has 0 unspecified atom stereocenters. The first-order valence-corrected chi connectivity index (χ1v) is 6.57. The predicted octanol–water partition coefficient (Wildman–Crippen LogP) is 1.28. The minimum Gasteiger partial charge on any atom is -0.389 e. The van der Waals surface area contributed by atoms with Crippen LogP contribution >= 0.6 is 0 Å². The van der Waals surface area contributed by atoms with Crippen molar-refractivity contribution in [1.82, 2.24) is 9.88 Å². The molecule has 0 aromatic carbocycles. The number of aryl methyl sites for hydroxylation is 1. The summed E-state index contributed by atoms with van der Waals surface area (Å²) in [5, 5.41) is 9.82. The van der Waals surface area contributed by atoms with Crippen LogP contribution in [0.15, 0.2) is 18.2 Å². The van der Waals surface area contributed by atoms with Gasteiger partial charge in [0.05, 0.1) is 5.60 Å². The van der Waals surface area contributed by atoms with Gasteiger partial charge in [0.1, 0.15) is 5.82 Å². The molecule has 1 aromatic heterocycles. The van der Waals surface area contributed by atoms with Crippen molar-refractivity contribution in [2.75, 3.05) is 37.6 Å². The molecule has 2 rings (SSSR count). The second-order valence-electron chi connectivity index (χ2n) is 5.71. The van der Waals surface area contributed by atoms with Crippen LogP contribution in [0.25, 0.3) is 0 Å². The number of hydrogen-bond donors (Lipinski definition) is 1. The minimum absolute atomic E-state index is 0.607. The summed E-state index contributed by atoms with van der Waals surface area (Å²) in [5.74, 6) is 1.07. The quantitative estimate of drug-likeness (QED) is 0.876. The highest BCUT2D eigenvalue weighted by Crippen LogP contribution is 2.15. The molecule has 100 valence electrons. The standard InChI is InChI=1S/C14H23N3O/c1-12-5-4-6-13(15-12)17-9-7-16(8-10-17)11-14(2,3)18/h4-6,18H,7-11H2,1-3H3. The smallest absolute Gasteiger partial charge is 0.128 e. The van der Waals surface area contributed by atoms with Crippen molar-refractivity contribution in [2.45, 2.75) is 26.4 Å². The number of anilines is 1. The normalized spacial score (nSPS) is 18.1. The molecule has 0 bridgehead atoms. The number of β-amino-alcohol motifs (C(OH)–C–C–N with tert-alkyl or cyclic N) is 1. The summed E-state index contributed by atoms with van der Waals surface area (Å²) in [6, 6.07) is 6.15. The van der Waals surface area contributed by atoms with Crippen LogP contribution in [-0.2, 0) is 0 Å². The van der Waals surface area contributed by atoms with Gasteiger partial charge in [-0.3, -0.25) is 4.90 Å². The molecule has 1 aromatic rings. The Morgan fingerprint density at radius 3 is 2.44 bits per heavy atom. The number of piperazine rings is 1. The van der Waals surface area contributed by atoms with Crippen LogP contribution < -0.4 is 4.90 Å². The maximum absolute atomic E-state index is 9.82. The Bertz CT molecular complexity index is 392. The first-order chi connectivity index (χ1) is 8.44. The third kappa shape index (κ3) is 3.68. The zero-order valence-electron chi connectivity index (χ0n) is 11.6. The summed E-state index contributed by atoms with van der Waals surface area (Å²) in [7, 11) is 0. The topological polar surface area (TPSA) is 39.6 Å². The molecule has 0 radical (unpaired) electrons. The van der Waals surface area contributed by atoms with Crippen LogP contribution in [0.2, 0.25) is 0 Å². The van der Waals surface area contributed by atoms with E-state index >= 15 is 0 Å². The van der Waals surface area contributed by atoms with Crippen molar-refractivity contribution in [1.29, 1.82) is 0 Å². The Morgan fingerprint density at radius 1 is 1.22 bits per heavy atom. The zero-order valence-corrected chi connectivity index (χ0v) is 11.6. The number of pyridine rings is 1. The lowest BCUT2D eigenvalue weighted by Crippen LogP contribution is -2.50. The second-order valence-corrected chi connectivity index (χ2v) is 5.71. The van der Waals surface area contributed by atoms with Gasteiger partial charge in [0.25, 0.3) is 0 Å². The Morgan fingerprint density at radius 2 is 1.89 bits per heavy atom. The van der Waals surface area contributed by atoms with Gasteiger partial charge in [-0.2, -0.15) is 0 Å². The lowest BCUT2D eigenvalue weighted by molar-refractivity contribution is 0.0344. The molecule has 0 atom stereocenters. The van der Waals surface area contributed by atoms with Crippen molar-refractivity contribution >= 4 is 5.82 Å². The highest BCUT2D eigenvalue weighted by molar-refractivity contribution is 5.39. The van der Waals surface area contributed by atoms with Gasteiger partial charge in [0.2, 0.25) is 0 Å². The summed E-state index contributed by atoms with van der Waals surface area (Å²) in [5.41, 5.74) is 0.454. The molecule has 18 heavy (non-hydrogen) atoms. The second kappa shape index (κ2) is 5.24. The van der Waals surface area contributed by atoms with E-state index in [4.69, 9.17) is 0 Å². The van der Waals surface area contributed by atoms with E-state index in [1.165, 1.54) is 0 Å². The van der Waals surface area contributed by atoms with Gasteiger partial charge in [0, 0.05) is 38.4 Å². The van der Waals surface area contributed by atoms with E-state index in [9.17, 15) is 5.11 Å². The van der Waals surface area contributed by atoms with E-state index in [-0.39, 0.29) is 0 Å². The lowest BCUT2D eigenvalue weighted by atomic mass is 10.1. The number of aliphatic hydroxyl groups is 1. The molecule has 4 nitrogen and oxygen atoms in total. The van der Waals surface area contributed by atoms with Crippen LogP contribution in [-0.4, -0.2) is 53.3 Å². The molecule has 0 aliphatic carbocycles. The van der Waals surface area contributed by atoms with Gasteiger partial charge in [-0.25, -0.2) is 4.98 Å². The molecule has 1 aliphatic heterocycles. The van der Waals surface area contributed by atoms with E-state index in [2.05, 4.69) is 26.9 Å². The van der Waals surface area contributed by atoms with Crippen LogP contribution in [0, 0.1) is 6.92 Å². The lowest BCUT2D eigenvalue weighted by Gasteiger charge is -2.37.